The van der Waals surface area contributed by atoms with E-state index >= 15 is 0 Å². The van der Waals surface area contributed by atoms with Crippen molar-refractivity contribution in [1.82, 2.24) is 15.5 Å². The van der Waals surface area contributed by atoms with Crippen LogP contribution in [0.2, 0.25) is 0 Å². The van der Waals surface area contributed by atoms with E-state index in [1.807, 2.05) is 17.5 Å². The number of hydrogen-bond acceptors (Lipinski definition) is 8. The van der Waals surface area contributed by atoms with Crippen LogP contribution < -0.4 is 19.5 Å². The smallest absolute Gasteiger partial charge is 0.227 e. The van der Waals surface area contributed by atoms with Crippen molar-refractivity contribution in [2.24, 2.45) is 0 Å². The highest BCUT2D eigenvalue weighted by atomic mass is 32.1. The third-order valence-electron chi connectivity index (χ3n) is 3.99. The Hall–Kier alpha value is -3.07. The number of benzene rings is 1. The number of aromatic nitrogens is 2. The summed E-state index contributed by atoms with van der Waals surface area (Å²) < 4.78 is 21.1. The Bertz CT molecular complexity index is 899. The van der Waals surface area contributed by atoms with Crippen molar-refractivity contribution in [2.45, 2.75) is 19.4 Å². The molecule has 0 saturated heterocycles. The van der Waals surface area contributed by atoms with Gasteiger partial charge >= 0.3 is 0 Å². The van der Waals surface area contributed by atoms with Gasteiger partial charge in [0.25, 0.3) is 0 Å². The van der Waals surface area contributed by atoms with Crippen molar-refractivity contribution in [3.05, 3.63) is 41.1 Å². The number of ether oxygens (including phenoxy) is 3. The first kappa shape index (κ1) is 19.7. The second-order valence-corrected chi connectivity index (χ2v) is 6.75. The minimum Gasteiger partial charge on any atom is -0.493 e. The minimum absolute atomic E-state index is 0.121. The van der Waals surface area contributed by atoms with Gasteiger partial charge in [0.1, 0.15) is 0 Å². The van der Waals surface area contributed by atoms with Gasteiger partial charge in [0, 0.05) is 19.4 Å². The van der Waals surface area contributed by atoms with Crippen LogP contribution in [0.1, 0.15) is 17.9 Å². The van der Waals surface area contributed by atoms with E-state index in [2.05, 4.69) is 15.5 Å². The van der Waals surface area contributed by atoms with E-state index in [1.54, 1.807) is 33.5 Å². The fourth-order valence-corrected chi connectivity index (χ4v) is 3.26. The third-order valence-corrected chi connectivity index (χ3v) is 4.86. The van der Waals surface area contributed by atoms with Gasteiger partial charge in [-0.2, -0.15) is 4.98 Å². The summed E-state index contributed by atoms with van der Waals surface area (Å²) in [6.07, 6.45) is 0.621. The molecule has 2 aromatic heterocycles. The fourth-order valence-electron chi connectivity index (χ4n) is 2.61. The average Bonchev–Trinajstić information content (AvgIpc) is 3.41. The van der Waals surface area contributed by atoms with Crippen LogP contribution in [0.15, 0.2) is 34.2 Å². The molecule has 8 nitrogen and oxygen atoms in total. The highest BCUT2D eigenvalue weighted by Crippen LogP contribution is 2.38. The van der Waals surface area contributed by atoms with E-state index in [0.29, 0.717) is 41.9 Å². The zero-order valence-electron chi connectivity index (χ0n) is 15.9. The second kappa shape index (κ2) is 9.23. The maximum atomic E-state index is 12.2. The lowest BCUT2D eigenvalue weighted by Gasteiger charge is -2.14. The Kier molecular flexibility index (Phi) is 6.49. The third kappa shape index (κ3) is 4.61. The molecular weight excluding hydrogens is 382 g/mol. The Morgan fingerprint density at radius 3 is 2.54 bits per heavy atom. The summed E-state index contributed by atoms with van der Waals surface area (Å²) in [5.74, 6) is 2.45. The quantitative estimate of drug-likeness (QED) is 0.586. The van der Waals surface area contributed by atoms with Gasteiger partial charge in [-0.3, -0.25) is 4.79 Å². The molecule has 0 bridgehead atoms. The van der Waals surface area contributed by atoms with E-state index in [9.17, 15) is 4.79 Å². The number of carbonyl (C=O) groups is 1. The number of methoxy groups -OCH3 is 3. The highest BCUT2D eigenvalue weighted by Gasteiger charge is 2.14. The van der Waals surface area contributed by atoms with E-state index in [0.717, 1.165) is 10.4 Å². The molecule has 148 valence electrons. The van der Waals surface area contributed by atoms with Crippen LogP contribution >= 0.6 is 11.3 Å². The fraction of sp³-hybridized carbons (Fsp3) is 0.316. The predicted molar refractivity (Wildman–Crippen MR) is 104 cm³/mol. The summed E-state index contributed by atoms with van der Waals surface area (Å²) >= 11 is 1.53. The number of hydrogen-bond donors (Lipinski definition) is 1. The zero-order valence-corrected chi connectivity index (χ0v) is 16.7. The Morgan fingerprint density at radius 1 is 1.18 bits per heavy atom. The number of amides is 1. The van der Waals surface area contributed by atoms with E-state index in [-0.39, 0.29) is 12.3 Å². The molecule has 0 fully saturated rings. The number of thiophene rings is 1. The number of rotatable bonds is 9. The zero-order chi connectivity index (χ0) is 19.9. The SMILES string of the molecule is COc1cc(CNC(=O)CCc2nc(-c3cccs3)no2)cc(OC)c1OC. The first-order chi connectivity index (χ1) is 13.6. The summed E-state index contributed by atoms with van der Waals surface area (Å²) in [6, 6.07) is 7.44. The Labute approximate surface area is 166 Å². The maximum Gasteiger partial charge on any atom is 0.227 e. The highest BCUT2D eigenvalue weighted by molar-refractivity contribution is 7.13. The van der Waals surface area contributed by atoms with Gasteiger partial charge in [-0.15, -0.1) is 11.3 Å². The van der Waals surface area contributed by atoms with Crippen LogP contribution in [0.4, 0.5) is 0 Å². The van der Waals surface area contributed by atoms with E-state index < -0.39 is 0 Å². The summed E-state index contributed by atoms with van der Waals surface area (Å²) in [5, 5.41) is 8.75. The van der Waals surface area contributed by atoms with Crippen LogP contribution in [0, 0.1) is 0 Å². The predicted octanol–water partition coefficient (Wildman–Crippen LogP) is 3.07. The van der Waals surface area contributed by atoms with Gasteiger partial charge in [0.15, 0.2) is 11.5 Å². The van der Waals surface area contributed by atoms with Crippen molar-refractivity contribution >= 4 is 17.2 Å². The first-order valence-electron chi connectivity index (χ1n) is 8.56. The molecule has 0 radical (unpaired) electrons. The van der Waals surface area contributed by atoms with Gasteiger partial charge < -0.3 is 24.1 Å². The largest absolute Gasteiger partial charge is 0.493 e. The van der Waals surface area contributed by atoms with E-state index in [4.69, 9.17) is 18.7 Å². The van der Waals surface area contributed by atoms with Gasteiger partial charge in [0.05, 0.1) is 26.2 Å². The van der Waals surface area contributed by atoms with Gasteiger partial charge in [-0.25, -0.2) is 0 Å². The van der Waals surface area contributed by atoms with Crippen LogP contribution in [-0.2, 0) is 17.8 Å². The lowest BCUT2D eigenvalue weighted by atomic mass is 10.1. The average molecular weight is 403 g/mol. The molecule has 0 saturated carbocycles. The molecule has 3 rings (SSSR count). The van der Waals surface area contributed by atoms with Crippen LogP contribution in [0.3, 0.4) is 0 Å². The van der Waals surface area contributed by atoms with Gasteiger partial charge in [-0.1, -0.05) is 11.2 Å². The van der Waals surface area contributed by atoms with Gasteiger partial charge in [0.2, 0.25) is 23.4 Å². The van der Waals surface area contributed by atoms with Crippen molar-refractivity contribution in [2.75, 3.05) is 21.3 Å². The minimum atomic E-state index is -0.121. The lowest BCUT2D eigenvalue weighted by molar-refractivity contribution is -0.121. The topological polar surface area (TPSA) is 95.7 Å². The van der Waals surface area contributed by atoms with Gasteiger partial charge in [-0.05, 0) is 29.1 Å². The summed E-state index contributed by atoms with van der Waals surface area (Å²) in [7, 11) is 4.65. The number of nitrogens with zero attached hydrogens (tertiary/aromatic N) is 2. The van der Waals surface area contributed by atoms with Crippen LogP contribution in [-0.4, -0.2) is 37.4 Å². The van der Waals surface area contributed by atoms with E-state index in [1.165, 1.54) is 11.3 Å². The van der Waals surface area contributed by atoms with Crippen molar-refractivity contribution in [3.63, 3.8) is 0 Å². The maximum absolute atomic E-state index is 12.2. The number of nitrogens with one attached hydrogen (secondary N) is 1. The molecule has 3 aromatic rings. The molecule has 0 atom stereocenters. The molecule has 2 heterocycles. The monoisotopic (exact) mass is 403 g/mol. The van der Waals surface area contributed by atoms with Crippen molar-refractivity contribution in [3.8, 4) is 28.0 Å². The van der Waals surface area contributed by atoms with Crippen molar-refractivity contribution in [1.29, 1.82) is 0 Å². The standard InChI is InChI=1S/C19H21N3O5S/c1-24-13-9-12(10-14(25-2)18(13)26-3)11-20-16(23)6-7-17-21-19(22-27-17)15-5-4-8-28-15/h4-5,8-10H,6-7,11H2,1-3H3,(H,20,23). The van der Waals surface area contributed by atoms with Crippen molar-refractivity contribution < 1.29 is 23.5 Å². The lowest BCUT2D eigenvalue weighted by Crippen LogP contribution is -2.23. The van der Waals surface area contributed by atoms with Crippen LogP contribution in [0.25, 0.3) is 10.7 Å². The molecule has 9 heteroatoms. The summed E-state index contributed by atoms with van der Waals surface area (Å²) in [4.78, 5) is 17.4. The molecular formula is C19H21N3O5S. The summed E-state index contributed by atoms with van der Waals surface area (Å²) in [5.41, 5.74) is 0.834. The van der Waals surface area contributed by atoms with Crippen LogP contribution in [0.5, 0.6) is 17.2 Å². The molecule has 0 aliphatic rings. The first-order valence-corrected chi connectivity index (χ1v) is 9.44. The Morgan fingerprint density at radius 2 is 1.93 bits per heavy atom. The second-order valence-electron chi connectivity index (χ2n) is 5.80. The number of aryl methyl sites for hydroxylation is 1. The molecule has 0 spiro atoms. The molecule has 1 N–H and O–H groups in total. The summed E-state index contributed by atoms with van der Waals surface area (Å²) in [6.45, 7) is 0.333. The molecule has 28 heavy (non-hydrogen) atoms. The molecule has 1 aromatic carbocycles. The molecule has 0 aliphatic heterocycles. The molecule has 1 amide bonds. The normalized spacial score (nSPS) is 10.5. The number of carbonyl (C=O) groups excluding carboxylic acids is 1. The molecule has 0 unspecified atom stereocenters. The Balaban J connectivity index is 1.54. The molecule has 0 aliphatic carbocycles.